The number of amides is 1. The highest BCUT2D eigenvalue weighted by molar-refractivity contribution is 5.91. The molecule has 1 aliphatic heterocycles. The Morgan fingerprint density at radius 1 is 1.17 bits per heavy atom. The lowest BCUT2D eigenvalue weighted by molar-refractivity contribution is 0.0756. The summed E-state index contributed by atoms with van der Waals surface area (Å²) in [5.74, 6) is 1.16. The normalized spacial score (nSPS) is 17.6. The summed E-state index contributed by atoms with van der Waals surface area (Å²) < 4.78 is 7.26. The Morgan fingerprint density at radius 3 is 2.83 bits per heavy atom. The molecule has 0 unspecified atom stereocenters. The number of carbonyl (C=O) groups excluding carboxylic acids is 1. The Morgan fingerprint density at radius 2 is 2.04 bits per heavy atom. The third kappa shape index (κ3) is 2.52. The van der Waals surface area contributed by atoms with Gasteiger partial charge in [-0.05, 0) is 18.6 Å². The summed E-state index contributed by atoms with van der Waals surface area (Å²) in [5, 5.41) is 8.30. The molecule has 0 N–H and O–H groups in total. The number of nitrogens with zero attached hydrogens (tertiary/aromatic N) is 4. The number of benzene rings is 1. The molecule has 23 heavy (non-hydrogen) atoms. The molecule has 1 saturated heterocycles. The predicted octanol–water partition coefficient (Wildman–Crippen LogP) is 2.63. The Labute approximate surface area is 133 Å². The Balaban J connectivity index is 1.55. The number of hydrogen-bond acceptors (Lipinski definition) is 4. The van der Waals surface area contributed by atoms with Gasteiger partial charge in [0.05, 0.1) is 12.3 Å². The molecule has 116 valence electrons. The third-order valence-corrected chi connectivity index (χ3v) is 4.18. The fourth-order valence-corrected chi connectivity index (χ4v) is 3.01. The van der Waals surface area contributed by atoms with Crippen molar-refractivity contribution in [2.75, 3.05) is 13.1 Å². The van der Waals surface area contributed by atoms with Crippen molar-refractivity contribution >= 4 is 5.91 Å². The van der Waals surface area contributed by atoms with Crippen LogP contribution < -0.4 is 0 Å². The van der Waals surface area contributed by atoms with E-state index in [-0.39, 0.29) is 11.9 Å². The monoisotopic (exact) mass is 308 g/mol. The largest absolute Gasteiger partial charge is 0.459 e. The fourth-order valence-electron chi connectivity index (χ4n) is 3.01. The minimum atomic E-state index is -0.0631. The van der Waals surface area contributed by atoms with Crippen LogP contribution in [0.25, 0.3) is 11.4 Å². The summed E-state index contributed by atoms with van der Waals surface area (Å²) in [7, 11) is 0. The van der Waals surface area contributed by atoms with Gasteiger partial charge in [0.2, 0.25) is 0 Å². The number of carbonyl (C=O) groups is 1. The Kier molecular flexibility index (Phi) is 3.42. The molecule has 1 aliphatic rings. The van der Waals surface area contributed by atoms with Crippen LogP contribution >= 0.6 is 0 Å². The van der Waals surface area contributed by atoms with E-state index >= 15 is 0 Å². The minimum Gasteiger partial charge on any atom is -0.459 e. The zero-order chi connectivity index (χ0) is 15.6. The first-order chi connectivity index (χ1) is 11.3. The Hall–Kier alpha value is -2.89. The van der Waals surface area contributed by atoms with Crippen LogP contribution in [0.4, 0.5) is 0 Å². The summed E-state index contributed by atoms with van der Waals surface area (Å²) in [6.07, 6.45) is 4.15. The zero-order valence-electron chi connectivity index (χ0n) is 12.5. The van der Waals surface area contributed by atoms with Crippen molar-refractivity contribution in [2.45, 2.75) is 12.5 Å². The molecule has 4 rings (SSSR count). The number of likely N-dealkylation sites (tertiary alicyclic amines) is 1. The van der Waals surface area contributed by atoms with E-state index in [9.17, 15) is 4.79 Å². The lowest BCUT2D eigenvalue weighted by Crippen LogP contribution is -2.28. The molecular weight excluding hydrogens is 292 g/mol. The van der Waals surface area contributed by atoms with Crippen LogP contribution in [0.15, 0.2) is 59.5 Å². The molecule has 0 saturated carbocycles. The second kappa shape index (κ2) is 5.72. The zero-order valence-corrected chi connectivity index (χ0v) is 12.5. The topological polar surface area (TPSA) is 64.2 Å². The summed E-state index contributed by atoms with van der Waals surface area (Å²) in [4.78, 5) is 14.2. The molecule has 1 amide bonds. The minimum absolute atomic E-state index is 0.0631. The molecule has 3 heterocycles. The molecular formula is C17H16N4O2. The van der Waals surface area contributed by atoms with Crippen LogP contribution in [0.5, 0.6) is 0 Å². The van der Waals surface area contributed by atoms with Gasteiger partial charge in [0.15, 0.2) is 11.6 Å². The van der Waals surface area contributed by atoms with Gasteiger partial charge in [-0.25, -0.2) is 0 Å². The van der Waals surface area contributed by atoms with Crippen LogP contribution in [-0.2, 0) is 0 Å². The maximum atomic E-state index is 12.4. The summed E-state index contributed by atoms with van der Waals surface area (Å²) >= 11 is 0. The molecule has 1 atom stereocenters. The molecule has 0 spiro atoms. The molecule has 3 aromatic rings. The first-order valence-electron chi connectivity index (χ1n) is 7.60. The third-order valence-electron chi connectivity index (χ3n) is 4.18. The molecule has 0 bridgehead atoms. The van der Waals surface area contributed by atoms with Crippen molar-refractivity contribution in [3.05, 3.63) is 60.8 Å². The van der Waals surface area contributed by atoms with Crippen molar-refractivity contribution in [2.24, 2.45) is 0 Å². The summed E-state index contributed by atoms with van der Waals surface area (Å²) in [6.45, 7) is 1.34. The molecule has 6 nitrogen and oxygen atoms in total. The first-order valence-corrected chi connectivity index (χ1v) is 7.60. The van der Waals surface area contributed by atoms with E-state index in [4.69, 9.17) is 4.42 Å². The van der Waals surface area contributed by atoms with Gasteiger partial charge in [-0.2, -0.15) is 0 Å². The van der Waals surface area contributed by atoms with E-state index in [0.29, 0.717) is 18.8 Å². The SMILES string of the molecule is O=C(c1ccco1)N1CC[C@H](n2cnnc2-c2ccccc2)C1. The summed E-state index contributed by atoms with van der Waals surface area (Å²) in [6, 6.07) is 13.6. The molecule has 0 radical (unpaired) electrons. The van der Waals surface area contributed by atoms with Gasteiger partial charge in [-0.3, -0.25) is 4.79 Å². The quantitative estimate of drug-likeness (QED) is 0.746. The lowest BCUT2D eigenvalue weighted by atomic mass is 10.2. The predicted molar refractivity (Wildman–Crippen MR) is 83.7 cm³/mol. The highest BCUT2D eigenvalue weighted by atomic mass is 16.3. The average Bonchev–Trinajstić information content (AvgIpc) is 3.35. The van der Waals surface area contributed by atoms with Crippen LogP contribution in [-0.4, -0.2) is 38.7 Å². The van der Waals surface area contributed by atoms with Crippen molar-refractivity contribution in [3.8, 4) is 11.4 Å². The van der Waals surface area contributed by atoms with Gasteiger partial charge in [0.25, 0.3) is 5.91 Å². The van der Waals surface area contributed by atoms with E-state index in [1.165, 1.54) is 6.26 Å². The number of rotatable bonds is 3. The molecule has 6 heteroatoms. The number of hydrogen-bond donors (Lipinski definition) is 0. The van der Waals surface area contributed by atoms with Gasteiger partial charge in [0, 0.05) is 18.7 Å². The standard InChI is InChI=1S/C17H16N4O2/c22-17(15-7-4-10-23-15)20-9-8-14(11-20)21-12-18-19-16(21)13-5-2-1-3-6-13/h1-7,10,12,14H,8-9,11H2/t14-/m0/s1. The molecule has 1 fully saturated rings. The first kappa shape index (κ1) is 13.8. The van der Waals surface area contributed by atoms with Gasteiger partial charge in [-0.15, -0.1) is 10.2 Å². The molecule has 0 aliphatic carbocycles. The van der Waals surface area contributed by atoms with E-state index in [1.807, 2.05) is 35.2 Å². The highest BCUT2D eigenvalue weighted by Crippen LogP contribution is 2.27. The molecule has 1 aromatic carbocycles. The number of aromatic nitrogens is 3. The number of furan rings is 1. The van der Waals surface area contributed by atoms with Crippen LogP contribution in [0.3, 0.4) is 0 Å². The van der Waals surface area contributed by atoms with Gasteiger partial charge < -0.3 is 13.9 Å². The van der Waals surface area contributed by atoms with Crippen LogP contribution in [0, 0.1) is 0 Å². The second-order valence-corrected chi connectivity index (χ2v) is 5.60. The molecule has 2 aromatic heterocycles. The van der Waals surface area contributed by atoms with Crippen LogP contribution in [0.1, 0.15) is 23.0 Å². The van der Waals surface area contributed by atoms with Crippen molar-refractivity contribution in [1.29, 1.82) is 0 Å². The van der Waals surface area contributed by atoms with E-state index in [0.717, 1.165) is 17.8 Å². The van der Waals surface area contributed by atoms with Gasteiger partial charge in [-0.1, -0.05) is 30.3 Å². The van der Waals surface area contributed by atoms with Crippen molar-refractivity contribution < 1.29 is 9.21 Å². The van der Waals surface area contributed by atoms with E-state index < -0.39 is 0 Å². The van der Waals surface area contributed by atoms with E-state index in [1.54, 1.807) is 18.5 Å². The van der Waals surface area contributed by atoms with Crippen LogP contribution in [0.2, 0.25) is 0 Å². The highest BCUT2D eigenvalue weighted by Gasteiger charge is 2.30. The summed E-state index contributed by atoms with van der Waals surface area (Å²) in [5.41, 5.74) is 1.03. The lowest BCUT2D eigenvalue weighted by Gasteiger charge is -2.16. The van der Waals surface area contributed by atoms with Crippen molar-refractivity contribution in [3.63, 3.8) is 0 Å². The van der Waals surface area contributed by atoms with Gasteiger partial charge in [0.1, 0.15) is 6.33 Å². The van der Waals surface area contributed by atoms with Gasteiger partial charge >= 0.3 is 0 Å². The average molecular weight is 308 g/mol. The maximum absolute atomic E-state index is 12.4. The van der Waals surface area contributed by atoms with E-state index in [2.05, 4.69) is 14.8 Å². The second-order valence-electron chi connectivity index (χ2n) is 5.60. The smallest absolute Gasteiger partial charge is 0.289 e. The van der Waals surface area contributed by atoms with Crippen molar-refractivity contribution in [1.82, 2.24) is 19.7 Å². The maximum Gasteiger partial charge on any atom is 0.289 e. The Bertz CT molecular complexity index is 795. The fraction of sp³-hybridized carbons (Fsp3) is 0.235.